The maximum Gasteiger partial charge on any atom is 0.193 e. The second-order valence-electron chi connectivity index (χ2n) is 7.60. The number of nitrogens with zero attached hydrogens (tertiary/aromatic N) is 4. The van der Waals surface area contributed by atoms with Crippen molar-refractivity contribution in [1.29, 1.82) is 0 Å². The smallest absolute Gasteiger partial charge is 0.193 e. The van der Waals surface area contributed by atoms with Crippen LogP contribution >= 0.6 is 24.0 Å². The fourth-order valence-electron chi connectivity index (χ4n) is 3.82. The molecule has 2 aliphatic heterocycles. The third kappa shape index (κ3) is 7.18. The van der Waals surface area contributed by atoms with Crippen LogP contribution < -0.4 is 5.32 Å². The minimum absolute atomic E-state index is 0. The summed E-state index contributed by atoms with van der Waals surface area (Å²) in [6.07, 6.45) is 8.52. The minimum atomic E-state index is 0. The summed E-state index contributed by atoms with van der Waals surface area (Å²) >= 11 is 0. The summed E-state index contributed by atoms with van der Waals surface area (Å²) in [6, 6.07) is 0. The fraction of sp³-hybridized carbons (Fsp3) is 0.800. The van der Waals surface area contributed by atoms with Crippen LogP contribution in [-0.4, -0.2) is 73.2 Å². The molecule has 3 rings (SSSR count). The van der Waals surface area contributed by atoms with Gasteiger partial charge in [0, 0.05) is 71.8 Å². The Morgan fingerprint density at radius 2 is 2.18 bits per heavy atom. The average molecular weight is 505 g/mol. The molecule has 0 aromatic carbocycles. The van der Waals surface area contributed by atoms with Crippen LogP contribution in [0, 0.1) is 5.92 Å². The monoisotopic (exact) mass is 505 g/mol. The lowest BCUT2D eigenvalue weighted by molar-refractivity contribution is 0.0205. The molecular weight excluding hydrogens is 469 g/mol. The molecule has 0 amide bonds. The van der Waals surface area contributed by atoms with E-state index >= 15 is 0 Å². The maximum atomic E-state index is 5.85. The summed E-state index contributed by atoms with van der Waals surface area (Å²) < 4.78 is 13.1. The summed E-state index contributed by atoms with van der Waals surface area (Å²) in [5, 5.41) is 7.76. The van der Waals surface area contributed by atoms with Gasteiger partial charge in [-0.3, -0.25) is 9.67 Å². The molecule has 2 fully saturated rings. The lowest BCUT2D eigenvalue weighted by Gasteiger charge is -2.22. The van der Waals surface area contributed by atoms with Crippen molar-refractivity contribution in [3.05, 3.63) is 18.0 Å². The largest absolute Gasteiger partial charge is 0.381 e. The van der Waals surface area contributed by atoms with E-state index in [-0.39, 0.29) is 24.0 Å². The number of rotatable bonds is 8. The van der Waals surface area contributed by atoms with Crippen molar-refractivity contribution in [1.82, 2.24) is 20.0 Å². The minimum Gasteiger partial charge on any atom is -0.381 e. The Labute approximate surface area is 186 Å². The number of aryl methyl sites for hydroxylation is 1. The van der Waals surface area contributed by atoms with Gasteiger partial charge in [-0.1, -0.05) is 0 Å². The molecule has 0 bridgehead atoms. The zero-order chi connectivity index (χ0) is 18.9. The summed E-state index contributed by atoms with van der Waals surface area (Å²) in [7, 11) is 1.98. The molecular formula is C20H36IN5O2. The van der Waals surface area contributed by atoms with Crippen LogP contribution in [0.1, 0.15) is 44.1 Å². The quantitative estimate of drug-likeness (QED) is 0.255. The number of hydrogen-bond acceptors (Lipinski definition) is 4. The van der Waals surface area contributed by atoms with Crippen molar-refractivity contribution in [2.24, 2.45) is 18.0 Å². The molecule has 1 aromatic rings. The number of aliphatic imine (C=N–C) groups is 1. The first-order chi connectivity index (χ1) is 13.3. The standard InChI is InChI=1S/C20H35N5O2.HI/c1-3-21-20(22-8-4-10-27-16-17-6-11-26-12-7-17)25-9-5-18(15-25)19-13-23-24(2)14-19;/h13-14,17-18H,3-12,15-16H2,1-2H3,(H,21,22);1H. The highest BCUT2D eigenvalue weighted by Crippen LogP contribution is 2.26. The zero-order valence-corrected chi connectivity index (χ0v) is 19.6. The van der Waals surface area contributed by atoms with Gasteiger partial charge >= 0.3 is 0 Å². The van der Waals surface area contributed by atoms with Crippen LogP contribution in [0.25, 0.3) is 0 Å². The number of ether oxygens (including phenoxy) is 2. The van der Waals surface area contributed by atoms with E-state index in [1.54, 1.807) is 0 Å². The van der Waals surface area contributed by atoms with Gasteiger partial charge in [-0.2, -0.15) is 5.10 Å². The molecule has 7 nitrogen and oxygen atoms in total. The summed E-state index contributed by atoms with van der Waals surface area (Å²) in [5.74, 6) is 2.26. The molecule has 1 aromatic heterocycles. The third-order valence-corrected chi connectivity index (χ3v) is 5.42. The van der Waals surface area contributed by atoms with Crippen LogP contribution in [0.2, 0.25) is 0 Å². The lowest BCUT2D eigenvalue weighted by atomic mass is 10.0. The van der Waals surface area contributed by atoms with Gasteiger partial charge in [-0.15, -0.1) is 24.0 Å². The van der Waals surface area contributed by atoms with Crippen molar-refractivity contribution < 1.29 is 9.47 Å². The van der Waals surface area contributed by atoms with Crippen molar-refractivity contribution in [2.45, 2.75) is 38.5 Å². The number of aromatic nitrogens is 2. The van der Waals surface area contributed by atoms with E-state index < -0.39 is 0 Å². The van der Waals surface area contributed by atoms with Crippen molar-refractivity contribution in [3.8, 4) is 0 Å². The fourth-order valence-corrected chi connectivity index (χ4v) is 3.82. The van der Waals surface area contributed by atoms with Crippen LogP contribution in [-0.2, 0) is 16.5 Å². The molecule has 1 unspecified atom stereocenters. The molecule has 2 aliphatic rings. The Bertz CT molecular complexity index is 589. The molecule has 2 saturated heterocycles. The Morgan fingerprint density at radius 3 is 2.89 bits per heavy atom. The highest BCUT2D eigenvalue weighted by atomic mass is 127. The first-order valence-corrected chi connectivity index (χ1v) is 10.4. The van der Waals surface area contributed by atoms with E-state index in [4.69, 9.17) is 14.5 Å². The topological polar surface area (TPSA) is 63.9 Å². The first-order valence-electron chi connectivity index (χ1n) is 10.4. The van der Waals surface area contributed by atoms with E-state index in [0.29, 0.717) is 11.8 Å². The Balaban J connectivity index is 0.00000280. The lowest BCUT2D eigenvalue weighted by Crippen LogP contribution is -2.40. The molecule has 0 spiro atoms. The van der Waals surface area contributed by atoms with E-state index in [9.17, 15) is 0 Å². The van der Waals surface area contributed by atoms with E-state index in [0.717, 1.165) is 84.2 Å². The molecule has 0 radical (unpaired) electrons. The van der Waals surface area contributed by atoms with E-state index in [2.05, 4.69) is 28.4 Å². The van der Waals surface area contributed by atoms with Crippen molar-refractivity contribution in [3.63, 3.8) is 0 Å². The molecule has 3 heterocycles. The average Bonchev–Trinajstić information content (AvgIpc) is 3.33. The molecule has 1 atom stereocenters. The van der Waals surface area contributed by atoms with Gasteiger partial charge in [0.2, 0.25) is 0 Å². The number of halogens is 1. The highest BCUT2D eigenvalue weighted by Gasteiger charge is 2.26. The van der Waals surface area contributed by atoms with Gasteiger partial charge < -0.3 is 19.7 Å². The Morgan fingerprint density at radius 1 is 1.36 bits per heavy atom. The molecule has 8 heteroatoms. The number of guanidine groups is 1. The van der Waals surface area contributed by atoms with Gasteiger partial charge in [0.05, 0.1) is 6.20 Å². The van der Waals surface area contributed by atoms with Crippen LogP contribution in [0.4, 0.5) is 0 Å². The molecule has 0 aliphatic carbocycles. The normalized spacial score (nSPS) is 21.0. The van der Waals surface area contributed by atoms with E-state index in [1.807, 2.05) is 17.9 Å². The van der Waals surface area contributed by atoms with Crippen molar-refractivity contribution in [2.75, 3.05) is 52.6 Å². The number of nitrogens with one attached hydrogen (secondary N) is 1. The number of likely N-dealkylation sites (tertiary alicyclic amines) is 1. The zero-order valence-electron chi connectivity index (χ0n) is 17.3. The highest BCUT2D eigenvalue weighted by molar-refractivity contribution is 14.0. The van der Waals surface area contributed by atoms with Gasteiger partial charge in [0.25, 0.3) is 0 Å². The van der Waals surface area contributed by atoms with Gasteiger partial charge in [0.1, 0.15) is 0 Å². The molecule has 160 valence electrons. The molecule has 0 saturated carbocycles. The first kappa shape index (κ1) is 23.4. The second kappa shape index (κ2) is 12.6. The predicted molar refractivity (Wildman–Crippen MR) is 123 cm³/mol. The SMILES string of the molecule is CCNC(=NCCCOCC1CCOCC1)N1CCC(c2cnn(C)c2)C1.I. The van der Waals surface area contributed by atoms with Gasteiger partial charge in [0.15, 0.2) is 5.96 Å². The van der Waals surface area contributed by atoms with Crippen LogP contribution in [0.5, 0.6) is 0 Å². The summed E-state index contributed by atoms with van der Waals surface area (Å²) in [4.78, 5) is 7.20. The maximum absolute atomic E-state index is 5.85. The Hall–Kier alpha value is -0.870. The van der Waals surface area contributed by atoms with E-state index in [1.165, 1.54) is 5.56 Å². The van der Waals surface area contributed by atoms with Crippen LogP contribution in [0.15, 0.2) is 17.4 Å². The molecule has 1 N–H and O–H groups in total. The second-order valence-corrected chi connectivity index (χ2v) is 7.60. The van der Waals surface area contributed by atoms with Gasteiger partial charge in [-0.05, 0) is 44.1 Å². The van der Waals surface area contributed by atoms with Crippen molar-refractivity contribution >= 4 is 29.9 Å². The van der Waals surface area contributed by atoms with Gasteiger partial charge in [-0.25, -0.2) is 0 Å². The number of hydrogen-bond donors (Lipinski definition) is 1. The Kier molecular flexibility index (Phi) is 10.6. The summed E-state index contributed by atoms with van der Waals surface area (Å²) in [6.45, 7) is 9.33. The summed E-state index contributed by atoms with van der Waals surface area (Å²) in [5.41, 5.74) is 1.33. The third-order valence-electron chi connectivity index (χ3n) is 5.42. The molecule has 28 heavy (non-hydrogen) atoms. The van der Waals surface area contributed by atoms with Crippen LogP contribution in [0.3, 0.4) is 0 Å². The predicted octanol–water partition coefficient (Wildman–Crippen LogP) is 2.63.